The second-order valence-electron chi connectivity index (χ2n) is 7.07. The molecule has 6 heteroatoms. The third kappa shape index (κ3) is 5.90. The minimum Gasteiger partial charge on any atom is -0.480 e. The maximum absolute atomic E-state index is 12.1. The van der Waals surface area contributed by atoms with Crippen molar-refractivity contribution < 1.29 is 19.4 Å². The normalized spacial score (nSPS) is 12.9. The first-order valence-corrected chi connectivity index (χ1v) is 8.47. The van der Waals surface area contributed by atoms with Gasteiger partial charge in [0.2, 0.25) is 5.91 Å². The van der Waals surface area contributed by atoms with Gasteiger partial charge in [-0.1, -0.05) is 18.2 Å². The maximum Gasteiger partial charge on any atom is 0.326 e. The van der Waals surface area contributed by atoms with Crippen LogP contribution in [0.1, 0.15) is 39.2 Å². The van der Waals surface area contributed by atoms with Gasteiger partial charge >= 0.3 is 5.97 Å². The van der Waals surface area contributed by atoms with Gasteiger partial charge < -0.3 is 20.1 Å². The number of nitrogens with one attached hydrogen (secondary N) is 2. The van der Waals surface area contributed by atoms with E-state index in [2.05, 4.69) is 10.3 Å². The fourth-order valence-corrected chi connectivity index (χ4v) is 2.59. The van der Waals surface area contributed by atoms with Crippen LogP contribution in [0.2, 0.25) is 0 Å². The number of H-pyrrole nitrogens is 1. The molecule has 0 fully saturated rings. The summed E-state index contributed by atoms with van der Waals surface area (Å²) in [5.41, 5.74) is 1.75. The van der Waals surface area contributed by atoms with E-state index in [0.29, 0.717) is 6.42 Å². The van der Waals surface area contributed by atoms with E-state index in [4.69, 9.17) is 4.74 Å². The minimum absolute atomic E-state index is 0.241. The molecule has 2 rings (SSSR count). The lowest BCUT2D eigenvalue weighted by atomic mass is 10.1. The molecule has 6 nitrogen and oxygen atoms in total. The predicted octanol–water partition coefficient (Wildman–Crippen LogP) is 2.88. The summed E-state index contributed by atoms with van der Waals surface area (Å²) in [6.45, 7) is 6.00. The van der Waals surface area contributed by atoms with Gasteiger partial charge in [-0.3, -0.25) is 4.79 Å². The predicted molar refractivity (Wildman–Crippen MR) is 96.5 cm³/mol. The highest BCUT2D eigenvalue weighted by atomic mass is 16.5. The Morgan fingerprint density at radius 2 is 2.00 bits per heavy atom. The third-order valence-corrected chi connectivity index (χ3v) is 3.87. The number of hydrogen-bond acceptors (Lipinski definition) is 3. The Kier molecular flexibility index (Phi) is 6.20. The van der Waals surface area contributed by atoms with E-state index in [0.717, 1.165) is 16.5 Å². The number of aliphatic carboxylic acids is 1. The maximum atomic E-state index is 12.1. The van der Waals surface area contributed by atoms with Crippen molar-refractivity contribution in [2.75, 3.05) is 6.61 Å². The minimum atomic E-state index is -1.04. The first-order chi connectivity index (χ1) is 11.8. The highest BCUT2D eigenvalue weighted by Gasteiger charge is 2.21. The number of hydrogen-bond donors (Lipinski definition) is 3. The first kappa shape index (κ1) is 19.0. The van der Waals surface area contributed by atoms with Crippen molar-refractivity contribution in [2.24, 2.45) is 0 Å². The Balaban J connectivity index is 1.85. The SMILES string of the molecule is CC(C)(C)OCCC(NC(=O)CCc1c[nH]c2ccccc12)C(=O)O. The van der Waals surface area contributed by atoms with Gasteiger partial charge in [-0.25, -0.2) is 4.79 Å². The smallest absolute Gasteiger partial charge is 0.326 e. The van der Waals surface area contributed by atoms with Gasteiger partial charge in [0.05, 0.1) is 5.60 Å². The van der Waals surface area contributed by atoms with Crippen molar-refractivity contribution >= 4 is 22.8 Å². The average molecular weight is 346 g/mol. The van der Waals surface area contributed by atoms with Crippen LogP contribution in [0.4, 0.5) is 0 Å². The van der Waals surface area contributed by atoms with Gasteiger partial charge in [-0.05, 0) is 38.8 Å². The molecule has 1 aromatic carbocycles. The van der Waals surface area contributed by atoms with Crippen LogP contribution >= 0.6 is 0 Å². The molecule has 1 atom stereocenters. The van der Waals surface area contributed by atoms with E-state index in [9.17, 15) is 14.7 Å². The second kappa shape index (κ2) is 8.16. The van der Waals surface area contributed by atoms with Gasteiger partial charge in [0.1, 0.15) is 6.04 Å². The van der Waals surface area contributed by atoms with Crippen LogP contribution in [0.5, 0.6) is 0 Å². The van der Waals surface area contributed by atoms with Crippen molar-refractivity contribution in [1.29, 1.82) is 0 Å². The quantitative estimate of drug-likeness (QED) is 0.685. The fraction of sp³-hybridized carbons (Fsp3) is 0.474. The summed E-state index contributed by atoms with van der Waals surface area (Å²) in [6, 6.07) is 6.96. The number of carbonyl (C=O) groups is 2. The molecule has 1 aromatic heterocycles. The van der Waals surface area contributed by atoms with Gasteiger partial charge in [0.15, 0.2) is 0 Å². The van der Waals surface area contributed by atoms with E-state index in [1.807, 2.05) is 51.2 Å². The molecule has 1 unspecified atom stereocenters. The van der Waals surface area contributed by atoms with E-state index < -0.39 is 12.0 Å². The summed E-state index contributed by atoms with van der Waals surface area (Å²) in [4.78, 5) is 26.6. The zero-order valence-electron chi connectivity index (χ0n) is 15.0. The van der Waals surface area contributed by atoms with E-state index >= 15 is 0 Å². The van der Waals surface area contributed by atoms with Crippen molar-refractivity contribution in [3.8, 4) is 0 Å². The molecule has 0 radical (unpaired) electrons. The molecular formula is C19H26N2O4. The monoisotopic (exact) mass is 346 g/mol. The van der Waals surface area contributed by atoms with Gasteiger partial charge in [-0.2, -0.15) is 0 Å². The zero-order chi connectivity index (χ0) is 18.4. The Morgan fingerprint density at radius 3 is 2.68 bits per heavy atom. The van der Waals surface area contributed by atoms with E-state index in [1.54, 1.807) is 0 Å². The van der Waals surface area contributed by atoms with Gasteiger partial charge in [-0.15, -0.1) is 0 Å². The van der Waals surface area contributed by atoms with E-state index in [-0.39, 0.29) is 31.0 Å². The molecule has 0 saturated carbocycles. The number of rotatable bonds is 8. The number of ether oxygens (including phenoxy) is 1. The standard InChI is InChI=1S/C19H26N2O4/c1-19(2,3)25-11-10-16(18(23)24)21-17(22)9-8-13-12-20-15-7-5-4-6-14(13)15/h4-7,12,16,20H,8-11H2,1-3H3,(H,21,22)(H,23,24). The highest BCUT2D eigenvalue weighted by molar-refractivity contribution is 5.85. The van der Waals surface area contributed by atoms with Crippen LogP contribution < -0.4 is 5.32 Å². The molecule has 0 aliphatic rings. The molecule has 0 saturated heterocycles. The molecule has 1 amide bonds. The first-order valence-electron chi connectivity index (χ1n) is 8.47. The number of carboxylic acids is 1. The van der Waals surface area contributed by atoms with E-state index in [1.165, 1.54) is 0 Å². The number of aromatic amines is 1. The Hall–Kier alpha value is -2.34. The molecule has 0 bridgehead atoms. The zero-order valence-corrected chi connectivity index (χ0v) is 15.0. The van der Waals surface area contributed by atoms with Crippen LogP contribution in [-0.4, -0.2) is 40.2 Å². The largest absolute Gasteiger partial charge is 0.480 e. The molecule has 3 N–H and O–H groups in total. The molecule has 136 valence electrons. The van der Waals surface area contributed by atoms with Crippen molar-refractivity contribution in [3.05, 3.63) is 36.0 Å². The Bertz CT molecular complexity index is 730. The number of carboxylic acid groups (broad SMARTS) is 1. The topological polar surface area (TPSA) is 91.4 Å². The van der Waals surface area contributed by atoms with Gasteiger partial charge in [0, 0.05) is 36.5 Å². The molecule has 0 aliphatic heterocycles. The van der Waals surface area contributed by atoms with Crippen LogP contribution in [0.15, 0.2) is 30.5 Å². The fourth-order valence-electron chi connectivity index (χ4n) is 2.59. The van der Waals surface area contributed by atoms with Crippen LogP contribution in [0.3, 0.4) is 0 Å². The lowest BCUT2D eigenvalue weighted by Gasteiger charge is -2.21. The molecule has 1 heterocycles. The number of fused-ring (bicyclic) bond motifs is 1. The summed E-state index contributed by atoms with van der Waals surface area (Å²) < 4.78 is 5.54. The lowest BCUT2D eigenvalue weighted by molar-refractivity contribution is -0.142. The molecule has 25 heavy (non-hydrogen) atoms. The van der Waals surface area contributed by atoms with Crippen molar-refractivity contribution in [2.45, 2.75) is 51.7 Å². The number of aryl methyl sites for hydroxylation is 1. The Morgan fingerprint density at radius 1 is 1.28 bits per heavy atom. The number of aromatic nitrogens is 1. The average Bonchev–Trinajstić information content (AvgIpc) is 2.94. The lowest BCUT2D eigenvalue weighted by Crippen LogP contribution is -2.42. The summed E-state index contributed by atoms with van der Waals surface area (Å²) in [7, 11) is 0. The molecular weight excluding hydrogens is 320 g/mol. The Labute approximate surface area is 147 Å². The molecule has 0 aliphatic carbocycles. The summed E-state index contributed by atoms with van der Waals surface area (Å²) >= 11 is 0. The second-order valence-corrected chi connectivity index (χ2v) is 7.07. The summed E-state index contributed by atoms with van der Waals surface area (Å²) in [5.74, 6) is -1.31. The number of carbonyl (C=O) groups excluding carboxylic acids is 1. The molecule has 0 spiro atoms. The van der Waals surface area contributed by atoms with Crippen LogP contribution in [0, 0.1) is 0 Å². The van der Waals surface area contributed by atoms with Crippen molar-refractivity contribution in [3.63, 3.8) is 0 Å². The van der Waals surface area contributed by atoms with Gasteiger partial charge in [0.25, 0.3) is 0 Å². The number of para-hydroxylation sites is 1. The van der Waals surface area contributed by atoms with Crippen LogP contribution in [-0.2, 0) is 20.7 Å². The van der Waals surface area contributed by atoms with Crippen molar-refractivity contribution in [1.82, 2.24) is 10.3 Å². The number of amides is 1. The summed E-state index contributed by atoms with van der Waals surface area (Å²) in [5, 5.41) is 12.9. The summed E-state index contributed by atoms with van der Waals surface area (Å²) in [6.07, 6.45) is 2.93. The highest BCUT2D eigenvalue weighted by Crippen LogP contribution is 2.19. The molecule has 2 aromatic rings. The number of benzene rings is 1. The van der Waals surface area contributed by atoms with Crippen LogP contribution in [0.25, 0.3) is 10.9 Å². The third-order valence-electron chi connectivity index (χ3n) is 3.87.